The zero-order valence-corrected chi connectivity index (χ0v) is 15.6. The van der Waals surface area contributed by atoms with Crippen molar-refractivity contribution in [2.24, 2.45) is 10.9 Å². The molecule has 2 heterocycles. The standard InChI is InChI=1S/C18H22F2N4O3/c1-17(2,3)27-16(26)22-15-23-18(11-7-10(19)5-6-13(11)20)9-21-8-12(18)14(25)24(15)4/h5-7,12,21H,8-9H2,1-4H3,(H,22,23,26)/t12-,18+/m0/s1. The van der Waals surface area contributed by atoms with Gasteiger partial charge in [0.05, 0.1) is 11.5 Å². The van der Waals surface area contributed by atoms with Gasteiger partial charge in [0.1, 0.15) is 17.2 Å². The Morgan fingerprint density at radius 2 is 2.07 bits per heavy atom. The summed E-state index contributed by atoms with van der Waals surface area (Å²) < 4.78 is 33.5. The molecule has 0 bridgehead atoms. The highest BCUT2D eigenvalue weighted by molar-refractivity contribution is 6.05. The molecule has 7 nitrogen and oxygen atoms in total. The number of nitrogens with one attached hydrogen (secondary N) is 2. The molecule has 0 spiro atoms. The van der Waals surface area contributed by atoms with Crippen LogP contribution in [0.15, 0.2) is 23.2 Å². The molecule has 3 rings (SSSR count). The van der Waals surface area contributed by atoms with E-state index in [4.69, 9.17) is 4.74 Å². The van der Waals surface area contributed by atoms with Crippen molar-refractivity contribution in [2.75, 3.05) is 20.1 Å². The third kappa shape index (κ3) is 3.51. The molecular weight excluding hydrogens is 358 g/mol. The maximum Gasteiger partial charge on any atom is 0.437 e. The summed E-state index contributed by atoms with van der Waals surface area (Å²) in [5.74, 6) is -2.38. The lowest BCUT2D eigenvalue weighted by Gasteiger charge is -2.43. The summed E-state index contributed by atoms with van der Waals surface area (Å²) in [6, 6.07) is 3.09. The summed E-state index contributed by atoms with van der Waals surface area (Å²) in [6.45, 7) is 5.52. The van der Waals surface area contributed by atoms with Crippen LogP contribution in [0, 0.1) is 17.6 Å². The maximum atomic E-state index is 14.5. The van der Waals surface area contributed by atoms with Gasteiger partial charge in [-0.1, -0.05) is 0 Å². The molecule has 2 saturated heterocycles. The summed E-state index contributed by atoms with van der Waals surface area (Å²) in [6.07, 6.45) is -0.885. The zero-order valence-electron chi connectivity index (χ0n) is 15.6. The van der Waals surface area contributed by atoms with Gasteiger partial charge in [-0.05, 0) is 39.0 Å². The van der Waals surface area contributed by atoms with Gasteiger partial charge in [0.25, 0.3) is 0 Å². The lowest BCUT2D eigenvalue weighted by Crippen LogP contribution is -2.65. The number of halogens is 2. The third-order valence-electron chi connectivity index (χ3n) is 4.63. The first-order valence-electron chi connectivity index (χ1n) is 8.57. The van der Waals surface area contributed by atoms with E-state index in [0.29, 0.717) is 0 Å². The van der Waals surface area contributed by atoms with Crippen molar-refractivity contribution in [1.29, 1.82) is 0 Å². The van der Waals surface area contributed by atoms with E-state index in [-0.39, 0.29) is 30.5 Å². The molecule has 0 aromatic heterocycles. The van der Waals surface area contributed by atoms with Gasteiger partial charge in [-0.2, -0.15) is 0 Å². The van der Waals surface area contributed by atoms with Gasteiger partial charge >= 0.3 is 6.09 Å². The monoisotopic (exact) mass is 380 g/mol. The second kappa shape index (κ2) is 6.56. The average Bonchev–Trinajstić information content (AvgIpc) is 2.97. The van der Waals surface area contributed by atoms with Crippen molar-refractivity contribution in [2.45, 2.75) is 31.9 Å². The number of benzene rings is 1. The van der Waals surface area contributed by atoms with Gasteiger partial charge in [0.2, 0.25) is 11.9 Å². The molecule has 0 unspecified atom stereocenters. The van der Waals surface area contributed by atoms with Crippen molar-refractivity contribution in [3.63, 3.8) is 0 Å². The van der Waals surface area contributed by atoms with E-state index in [2.05, 4.69) is 15.6 Å². The first-order chi connectivity index (χ1) is 12.5. The van der Waals surface area contributed by atoms with Gasteiger partial charge in [-0.25, -0.2) is 13.6 Å². The van der Waals surface area contributed by atoms with Gasteiger partial charge in [-0.15, -0.1) is 4.99 Å². The van der Waals surface area contributed by atoms with Crippen molar-refractivity contribution >= 4 is 18.0 Å². The maximum absolute atomic E-state index is 14.5. The number of aliphatic imine (C=N–C) groups is 1. The van der Waals surface area contributed by atoms with Crippen molar-refractivity contribution in [3.8, 4) is 0 Å². The van der Waals surface area contributed by atoms with Crippen molar-refractivity contribution in [3.05, 3.63) is 35.4 Å². The van der Waals surface area contributed by atoms with Gasteiger partial charge < -0.3 is 15.4 Å². The first-order valence-corrected chi connectivity index (χ1v) is 8.57. The molecule has 27 heavy (non-hydrogen) atoms. The number of carbonyl (C=O) groups excluding carboxylic acids is 2. The van der Waals surface area contributed by atoms with Gasteiger partial charge in [0.15, 0.2) is 0 Å². The Bertz CT molecular complexity index is 821. The number of hydrogen-bond donors (Lipinski definition) is 2. The number of amides is 2. The highest BCUT2D eigenvalue weighted by atomic mass is 19.1. The molecule has 2 aliphatic heterocycles. The average molecular weight is 380 g/mol. The molecule has 0 radical (unpaired) electrons. The third-order valence-corrected chi connectivity index (χ3v) is 4.63. The highest BCUT2D eigenvalue weighted by Crippen LogP contribution is 2.38. The predicted molar refractivity (Wildman–Crippen MR) is 94.0 cm³/mol. The highest BCUT2D eigenvalue weighted by Gasteiger charge is 2.55. The van der Waals surface area contributed by atoms with Crippen LogP contribution in [0.2, 0.25) is 0 Å². The second-order valence-corrected chi connectivity index (χ2v) is 7.72. The number of ether oxygens (including phenoxy) is 1. The SMILES string of the molecule is CN1C(=O)[C@@H]2CNC[C@]2(c2cc(F)ccc2F)N/C1=N/C(=O)OC(C)(C)C. The fraction of sp³-hybridized carbons (Fsp3) is 0.500. The van der Waals surface area contributed by atoms with Crippen LogP contribution in [0.25, 0.3) is 0 Å². The van der Waals surface area contributed by atoms with E-state index in [1.165, 1.54) is 11.9 Å². The number of rotatable bonds is 1. The lowest BCUT2D eigenvalue weighted by molar-refractivity contribution is -0.134. The van der Waals surface area contributed by atoms with Crippen LogP contribution < -0.4 is 10.6 Å². The minimum atomic E-state index is -1.25. The minimum Gasteiger partial charge on any atom is -0.442 e. The molecule has 146 valence electrons. The quantitative estimate of drug-likeness (QED) is 0.775. The molecule has 9 heteroatoms. The second-order valence-electron chi connectivity index (χ2n) is 7.72. The van der Waals surface area contributed by atoms with Crippen LogP contribution in [0.1, 0.15) is 26.3 Å². The Kier molecular flexibility index (Phi) is 4.67. The summed E-state index contributed by atoms with van der Waals surface area (Å²) in [5, 5.41) is 6.04. The fourth-order valence-electron chi connectivity index (χ4n) is 3.43. The van der Waals surface area contributed by atoms with E-state index in [0.717, 1.165) is 18.2 Å². The Labute approximate surface area is 155 Å². The number of hydrogen-bond acceptors (Lipinski definition) is 4. The zero-order chi connectivity index (χ0) is 20.0. The van der Waals surface area contributed by atoms with Crippen LogP contribution in [0.4, 0.5) is 13.6 Å². The van der Waals surface area contributed by atoms with Crippen molar-refractivity contribution in [1.82, 2.24) is 15.5 Å². The Hall–Kier alpha value is -2.55. The molecule has 0 saturated carbocycles. The summed E-state index contributed by atoms with van der Waals surface area (Å²) in [7, 11) is 1.46. The van der Waals surface area contributed by atoms with Crippen LogP contribution in [0.3, 0.4) is 0 Å². The van der Waals surface area contributed by atoms with E-state index in [1.807, 2.05) is 0 Å². The largest absolute Gasteiger partial charge is 0.442 e. The molecule has 1 aromatic carbocycles. The van der Waals surface area contributed by atoms with E-state index in [1.54, 1.807) is 20.8 Å². The number of guanidine groups is 1. The Balaban J connectivity index is 2.04. The number of fused-ring (bicyclic) bond motifs is 1. The fourth-order valence-corrected chi connectivity index (χ4v) is 3.43. The molecule has 2 amide bonds. The predicted octanol–water partition coefficient (Wildman–Crippen LogP) is 1.73. The van der Waals surface area contributed by atoms with Crippen LogP contribution in [-0.4, -0.2) is 48.6 Å². The number of nitrogens with zero attached hydrogens (tertiary/aromatic N) is 2. The Morgan fingerprint density at radius 1 is 1.37 bits per heavy atom. The molecule has 1 aromatic rings. The molecule has 0 aliphatic carbocycles. The molecule has 2 N–H and O–H groups in total. The first kappa shape index (κ1) is 19.2. The van der Waals surface area contributed by atoms with Gasteiger partial charge in [-0.3, -0.25) is 9.69 Å². The summed E-state index contributed by atoms with van der Waals surface area (Å²) in [4.78, 5) is 30.0. The Morgan fingerprint density at radius 3 is 2.74 bits per heavy atom. The molecular formula is C18H22F2N4O3. The summed E-state index contributed by atoms with van der Waals surface area (Å²) >= 11 is 0. The van der Waals surface area contributed by atoms with E-state index >= 15 is 0 Å². The van der Waals surface area contributed by atoms with Crippen molar-refractivity contribution < 1.29 is 23.1 Å². The topological polar surface area (TPSA) is 83.0 Å². The van der Waals surface area contributed by atoms with Crippen LogP contribution in [0.5, 0.6) is 0 Å². The normalized spacial score (nSPS) is 26.7. The van der Waals surface area contributed by atoms with Gasteiger partial charge in [0, 0.05) is 25.7 Å². The van der Waals surface area contributed by atoms with E-state index < -0.39 is 34.8 Å². The molecule has 2 atom stereocenters. The smallest absolute Gasteiger partial charge is 0.437 e. The van der Waals surface area contributed by atoms with Crippen LogP contribution >= 0.6 is 0 Å². The minimum absolute atomic E-state index is 0.0100. The number of carbonyl (C=O) groups is 2. The lowest BCUT2D eigenvalue weighted by atomic mass is 9.78. The molecule has 2 aliphatic rings. The van der Waals surface area contributed by atoms with E-state index in [9.17, 15) is 18.4 Å². The van der Waals surface area contributed by atoms with Crippen LogP contribution in [-0.2, 0) is 15.1 Å². The summed E-state index contributed by atoms with van der Waals surface area (Å²) in [5.41, 5.74) is -2.01. The molecule has 2 fully saturated rings.